The van der Waals surface area contributed by atoms with Gasteiger partial charge in [-0.1, -0.05) is 0 Å². The third-order valence-corrected chi connectivity index (χ3v) is 2.08. The zero-order valence-corrected chi connectivity index (χ0v) is 9.77. The molecule has 0 aliphatic heterocycles. The van der Waals surface area contributed by atoms with E-state index in [0.717, 1.165) is 5.13 Å². The fraction of sp³-hybridized carbons (Fsp3) is 0.667. The number of aromatic nitrogens is 1. The maximum Gasteiger partial charge on any atom is 0.184 e. The van der Waals surface area contributed by atoms with E-state index in [1.54, 1.807) is 11.3 Å². The summed E-state index contributed by atoms with van der Waals surface area (Å²) in [6.45, 7) is 8.11. The molecular weight excluding hydrogens is 200 g/mol. The van der Waals surface area contributed by atoms with Gasteiger partial charge in [-0.15, -0.1) is 11.3 Å². The molecule has 5 heteroatoms. The zero-order valence-electron chi connectivity index (χ0n) is 8.96. The van der Waals surface area contributed by atoms with Crippen molar-refractivity contribution in [3.63, 3.8) is 0 Å². The molecule has 0 saturated heterocycles. The van der Waals surface area contributed by atoms with Gasteiger partial charge in [0.2, 0.25) is 0 Å². The van der Waals surface area contributed by atoms with Crippen molar-refractivity contribution in [2.75, 3.05) is 12.0 Å². The van der Waals surface area contributed by atoms with E-state index in [1.165, 1.54) is 4.88 Å². The van der Waals surface area contributed by atoms with Gasteiger partial charge in [-0.25, -0.2) is 14.8 Å². The Bertz CT molecular complexity index is 281. The maximum absolute atomic E-state index is 5.07. The molecule has 0 radical (unpaired) electrons. The number of aryl methyl sites for hydroxylation is 1. The summed E-state index contributed by atoms with van der Waals surface area (Å²) in [5.41, 5.74) is -0.277. The van der Waals surface area contributed by atoms with Gasteiger partial charge in [0.1, 0.15) is 0 Å². The molecule has 1 aromatic heterocycles. The smallest absolute Gasteiger partial charge is 0.184 e. The first-order valence-corrected chi connectivity index (χ1v) is 5.26. The molecule has 0 aliphatic carbocycles. The molecule has 0 saturated carbocycles. The van der Waals surface area contributed by atoms with Gasteiger partial charge in [0.05, 0.1) is 5.60 Å². The Labute approximate surface area is 88.2 Å². The molecule has 14 heavy (non-hydrogen) atoms. The molecule has 0 amide bonds. The van der Waals surface area contributed by atoms with Gasteiger partial charge in [0.15, 0.2) is 11.9 Å². The molecule has 0 fully saturated rings. The average Bonchev–Trinajstić information content (AvgIpc) is 2.44. The van der Waals surface area contributed by atoms with Gasteiger partial charge in [0.25, 0.3) is 0 Å². The molecule has 0 aromatic carbocycles. The van der Waals surface area contributed by atoms with E-state index in [0.29, 0.717) is 6.73 Å². The van der Waals surface area contributed by atoms with Crippen LogP contribution in [0.4, 0.5) is 5.13 Å². The van der Waals surface area contributed by atoms with Crippen molar-refractivity contribution >= 4 is 16.5 Å². The van der Waals surface area contributed by atoms with Crippen LogP contribution in [-0.2, 0) is 9.78 Å². The van der Waals surface area contributed by atoms with Crippen LogP contribution in [0.2, 0.25) is 0 Å². The van der Waals surface area contributed by atoms with Crippen LogP contribution < -0.4 is 5.32 Å². The summed E-state index contributed by atoms with van der Waals surface area (Å²) in [4.78, 5) is 15.3. The highest BCUT2D eigenvalue weighted by atomic mass is 32.1. The van der Waals surface area contributed by atoms with Crippen LogP contribution in [0.15, 0.2) is 6.20 Å². The van der Waals surface area contributed by atoms with Crippen molar-refractivity contribution in [3.8, 4) is 0 Å². The van der Waals surface area contributed by atoms with Crippen LogP contribution in [0, 0.1) is 6.92 Å². The van der Waals surface area contributed by atoms with Crippen LogP contribution in [0.1, 0.15) is 25.6 Å². The normalized spacial score (nSPS) is 11.7. The second-order valence-electron chi connectivity index (χ2n) is 3.91. The molecule has 1 aromatic rings. The summed E-state index contributed by atoms with van der Waals surface area (Å²) < 4.78 is 0. The Balaban J connectivity index is 2.16. The summed E-state index contributed by atoms with van der Waals surface area (Å²) in [5, 5.41) is 3.85. The summed E-state index contributed by atoms with van der Waals surface area (Å²) in [6.07, 6.45) is 1.82. The first-order valence-electron chi connectivity index (χ1n) is 4.44. The van der Waals surface area contributed by atoms with Crippen molar-refractivity contribution in [2.45, 2.75) is 33.3 Å². The van der Waals surface area contributed by atoms with Crippen LogP contribution in [0.25, 0.3) is 0 Å². The minimum Gasteiger partial charge on any atom is -0.336 e. The SMILES string of the molecule is Cc1cnc(NCOOC(C)(C)C)s1. The van der Waals surface area contributed by atoms with Crippen LogP contribution in [0.3, 0.4) is 0 Å². The van der Waals surface area contributed by atoms with E-state index in [9.17, 15) is 0 Å². The first-order chi connectivity index (χ1) is 6.47. The van der Waals surface area contributed by atoms with Gasteiger partial charge in [-0.05, 0) is 27.7 Å². The topological polar surface area (TPSA) is 43.4 Å². The minimum absolute atomic E-state index is 0.277. The lowest BCUT2D eigenvalue weighted by Crippen LogP contribution is -2.21. The van der Waals surface area contributed by atoms with Gasteiger partial charge < -0.3 is 5.32 Å². The predicted octanol–water partition coefficient (Wildman–Crippen LogP) is 2.57. The van der Waals surface area contributed by atoms with Gasteiger partial charge in [0, 0.05) is 11.1 Å². The van der Waals surface area contributed by atoms with E-state index in [-0.39, 0.29) is 5.60 Å². The minimum atomic E-state index is -0.277. The molecule has 0 spiro atoms. The van der Waals surface area contributed by atoms with E-state index in [2.05, 4.69) is 10.3 Å². The number of hydrogen-bond donors (Lipinski definition) is 1. The third-order valence-electron chi connectivity index (χ3n) is 1.21. The van der Waals surface area contributed by atoms with Crippen LogP contribution in [0.5, 0.6) is 0 Å². The molecule has 80 valence electrons. The first kappa shape index (κ1) is 11.4. The fourth-order valence-corrected chi connectivity index (χ4v) is 1.38. The molecule has 0 unspecified atom stereocenters. The lowest BCUT2D eigenvalue weighted by molar-refractivity contribution is -0.344. The van der Waals surface area contributed by atoms with Crippen molar-refractivity contribution < 1.29 is 9.78 Å². The largest absolute Gasteiger partial charge is 0.336 e. The summed E-state index contributed by atoms with van der Waals surface area (Å²) in [5.74, 6) is 0. The Morgan fingerprint density at radius 3 is 2.71 bits per heavy atom. The number of nitrogens with zero attached hydrogens (tertiary/aromatic N) is 1. The fourth-order valence-electron chi connectivity index (χ4n) is 0.734. The average molecular weight is 216 g/mol. The summed E-state index contributed by atoms with van der Waals surface area (Å²) >= 11 is 1.59. The Morgan fingerprint density at radius 1 is 1.50 bits per heavy atom. The number of hydrogen-bond acceptors (Lipinski definition) is 5. The van der Waals surface area contributed by atoms with E-state index in [4.69, 9.17) is 9.78 Å². The number of anilines is 1. The molecule has 0 atom stereocenters. The van der Waals surface area contributed by atoms with Gasteiger partial charge in [-0.3, -0.25) is 0 Å². The monoisotopic (exact) mass is 216 g/mol. The quantitative estimate of drug-likeness (QED) is 0.363. The summed E-state index contributed by atoms with van der Waals surface area (Å²) in [6, 6.07) is 0. The predicted molar refractivity (Wildman–Crippen MR) is 57.3 cm³/mol. The van der Waals surface area contributed by atoms with E-state index >= 15 is 0 Å². The van der Waals surface area contributed by atoms with Crippen molar-refractivity contribution in [3.05, 3.63) is 11.1 Å². The standard InChI is InChI=1S/C9H16N2O2S/c1-7-5-10-8(14-7)11-6-12-13-9(2,3)4/h5H,6H2,1-4H3,(H,10,11). The van der Waals surface area contributed by atoms with Crippen molar-refractivity contribution in [1.82, 2.24) is 4.98 Å². The molecule has 4 nitrogen and oxygen atoms in total. The lowest BCUT2D eigenvalue weighted by Gasteiger charge is -2.17. The second kappa shape index (κ2) is 4.72. The second-order valence-corrected chi connectivity index (χ2v) is 5.15. The lowest BCUT2D eigenvalue weighted by atomic mass is 10.2. The van der Waals surface area contributed by atoms with E-state index in [1.807, 2.05) is 33.9 Å². The zero-order chi connectivity index (χ0) is 10.6. The molecule has 1 rings (SSSR count). The van der Waals surface area contributed by atoms with Crippen LogP contribution in [-0.4, -0.2) is 17.3 Å². The van der Waals surface area contributed by atoms with Gasteiger partial charge in [-0.2, -0.15) is 0 Å². The summed E-state index contributed by atoms with van der Waals surface area (Å²) in [7, 11) is 0. The van der Waals surface area contributed by atoms with Crippen molar-refractivity contribution in [1.29, 1.82) is 0 Å². The highest BCUT2D eigenvalue weighted by Crippen LogP contribution is 2.16. The Kier molecular flexibility index (Phi) is 3.86. The number of nitrogens with one attached hydrogen (secondary N) is 1. The highest BCUT2D eigenvalue weighted by molar-refractivity contribution is 7.15. The molecule has 0 bridgehead atoms. The van der Waals surface area contributed by atoms with Crippen molar-refractivity contribution in [2.24, 2.45) is 0 Å². The Morgan fingerprint density at radius 2 is 2.21 bits per heavy atom. The maximum atomic E-state index is 5.07. The molecule has 1 N–H and O–H groups in total. The number of rotatable bonds is 4. The third kappa shape index (κ3) is 4.55. The highest BCUT2D eigenvalue weighted by Gasteiger charge is 2.10. The Hall–Kier alpha value is -0.650. The van der Waals surface area contributed by atoms with Gasteiger partial charge >= 0.3 is 0 Å². The molecular formula is C9H16N2O2S. The van der Waals surface area contributed by atoms with E-state index < -0.39 is 0 Å². The molecule has 0 aliphatic rings. The molecule has 1 heterocycles. The van der Waals surface area contributed by atoms with Crippen LogP contribution >= 0.6 is 11.3 Å². The number of thiazole rings is 1.